The first-order valence-corrected chi connectivity index (χ1v) is 8.44. The number of halogens is 1. The van der Waals surface area contributed by atoms with Crippen LogP contribution in [0.2, 0.25) is 0 Å². The van der Waals surface area contributed by atoms with Gasteiger partial charge in [0, 0.05) is 18.3 Å². The van der Waals surface area contributed by atoms with Gasteiger partial charge < -0.3 is 10.2 Å². The van der Waals surface area contributed by atoms with Crippen LogP contribution in [-0.4, -0.2) is 28.7 Å². The lowest BCUT2D eigenvalue weighted by atomic mass is 9.93. The number of nitrogens with one attached hydrogen (secondary N) is 1. The lowest BCUT2D eigenvalue weighted by molar-refractivity contribution is -0.128. The van der Waals surface area contributed by atoms with E-state index in [2.05, 4.69) is 10.3 Å². The van der Waals surface area contributed by atoms with Gasteiger partial charge in [-0.05, 0) is 31.5 Å². The number of nitrogens with zero attached hydrogens (tertiary/aromatic N) is 2. The van der Waals surface area contributed by atoms with E-state index in [4.69, 9.17) is 0 Å². The lowest BCUT2D eigenvalue weighted by Gasteiger charge is -2.24. The smallest absolute Gasteiger partial charge is 0.232 e. The van der Waals surface area contributed by atoms with Gasteiger partial charge in [0.1, 0.15) is 5.82 Å². The van der Waals surface area contributed by atoms with Crippen molar-refractivity contribution in [1.29, 1.82) is 0 Å². The van der Waals surface area contributed by atoms with Crippen LogP contribution in [0.15, 0.2) is 24.3 Å². The van der Waals surface area contributed by atoms with Gasteiger partial charge >= 0.3 is 0 Å². The van der Waals surface area contributed by atoms with Crippen molar-refractivity contribution in [3.8, 4) is 0 Å². The number of rotatable bonds is 3. The highest BCUT2D eigenvalue weighted by molar-refractivity contribution is 7.15. The van der Waals surface area contributed by atoms with Gasteiger partial charge in [0.25, 0.3) is 0 Å². The van der Waals surface area contributed by atoms with E-state index in [1.165, 1.54) is 28.4 Å². The summed E-state index contributed by atoms with van der Waals surface area (Å²) in [5, 5.41) is 3.32. The van der Waals surface area contributed by atoms with Crippen molar-refractivity contribution in [3.63, 3.8) is 0 Å². The quantitative estimate of drug-likeness (QED) is 0.928. The standard InChI is InChI=1S/C17H18FN3O2S/c1-9-10(2)24-17(19-9)20-16(23)13-8-14(22)21(3)15(13)11-5-4-6-12(18)7-11/h4-7,13,15H,8H2,1-3H3,(H,19,20,23). The summed E-state index contributed by atoms with van der Waals surface area (Å²) >= 11 is 1.40. The largest absolute Gasteiger partial charge is 0.338 e. The topological polar surface area (TPSA) is 62.3 Å². The highest BCUT2D eigenvalue weighted by atomic mass is 32.1. The molecule has 1 fully saturated rings. The molecule has 0 saturated carbocycles. The molecule has 24 heavy (non-hydrogen) atoms. The number of thiazole rings is 1. The first kappa shape index (κ1) is 16.6. The van der Waals surface area contributed by atoms with Gasteiger partial charge in [-0.1, -0.05) is 12.1 Å². The number of aromatic nitrogens is 1. The fourth-order valence-corrected chi connectivity index (χ4v) is 3.79. The first-order chi connectivity index (χ1) is 11.4. The third-order valence-corrected chi connectivity index (χ3v) is 5.36. The number of carbonyl (C=O) groups excluding carboxylic acids is 2. The van der Waals surface area contributed by atoms with Gasteiger partial charge in [-0.15, -0.1) is 11.3 Å². The van der Waals surface area contributed by atoms with Crippen molar-refractivity contribution >= 4 is 28.3 Å². The van der Waals surface area contributed by atoms with E-state index in [0.717, 1.165) is 10.6 Å². The highest BCUT2D eigenvalue weighted by Gasteiger charge is 2.43. The SMILES string of the molecule is Cc1nc(NC(=O)C2CC(=O)N(C)C2c2cccc(F)c2)sc1C. The van der Waals surface area contributed by atoms with Crippen LogP contribution in [0, 0.1) is 25.6 Å². The Morgan fingerprint density at radius 2 is 2.17 bits per heavy atom. The number of amides is 2. The minimum Gasteiger partial charge on any atom is -0.338 e. The van der Waals surface area contributed by atoms with Crippen LogP contribution in [0.25, 0.3) is 0 Å². The van der Waals surface area contributed by atoms with Crippen LogP contribution in [0.3, 0.4) is 0 Å². The molecule has 0 aliphatic carbocycles. The normalized spacial score (nSPS) is 20.5. The maximum absolute atomic E-state index is 13.6. The van der Waals surface area contributed by atoms with Gasteiger partial charge in [-0.2, -0.15) is 0 Å². The van der Waals surface area contributed by atoms with Crippen LogP contribution in [0.5, 0.6) is 0 Å². The van der Waals surface area contributed by atoms with Gasteiger partial charge in [0.15, 0.2) is 5.13 Å². The Morgan fingerprint density at radius 3 is 2.79 bits per heavy atom. The molecule has 1 aliphatic rings. The Hall–Kier alpha value is -2.28. The van der Waals surface area contributed by atoms with Crippen LogP contribution >= 0.6 is 11.3 Å². The molecule has 1 aromatic heterocycles. The predicted octanol–water partition coefficient (Wildman–Crippen LogP) is 3.06. The van der Waals surface area contributed by atoms with Crippen LogP contribution < -0.4 is 5.32 Å². The Bertz CT molecular complexity index is 785. The molecule has 2 heterocycles. The highest BCUT2D eigenvalue weighted by Crippen LogP contribution is 2.38. The number of anilines is 1. The molecule has 1 aromatic carbocycles. The summed E-state index contributed by atoms with van der Waals surface area (Å²) in [5.74, 6) is -1.36. The summed E-state index contributed by atoms with van der Waals surface area (Å²) < 4.78 is 13.6. The van der Waals surface area contributed by atoms with Crippen molar-refractivity contribution in [1.82, 2.24) is 9.88 Å². The number of hydrogen-bond acceptors (Lipinski definition) is 4. The second-order valence-corrected chi connectivity index (χ2v) is 7.17. The van der Waals surface area contributed by atoms with Crippen molar-refractivity contribution in [2.45, 2.75) is 26.3 Å². The Morgan fingerprint density at radius 1 is 1.42 bits per heavy atom. The second kappa shape index (κ2) is 6.32. The summed E-state index contributed by atoms with van der Waals surface area (Å²) in [4.78, 5) is 31.6. The number of aryl methyl sites for hydroxylation is 2. The molecule has 2 atom stereocenters. The zero-order valence-electron chi connectivity index (χ0n) is 13.7. The molecule has 3 rings (SSSR count). The maximum Gasteiger partial charge on any atom is 0.232 e. The molecule has 2 amide bonds. The lowest BCUT2D eigenvalue weighted by Crippen LogP contribution is -2.30. The fraction of sp³-hybridized carbons (Fsp3) is 0.353. The van der Waals surface area contributed by atoms with Gasteiger partial charge in [0.2, 0.25) is 11.8 Å². The van der Waals surface area contributed by atoms with Crippen molar-refractivity contribution < 1.29 is 14.0 Å². The van der Waals surface area contributed by atoms with Gasteiger partial charge in [0.05, 0.1) is 17.7 Å². The summed E-state index contributed by atoms with van der Waals surface area (Å²) in [6.07, 6.45) is 0.104. The first-order valence-electron chi connectivity index (χ1n) is 7.63. The van der Waals surface area contributed by atoms with Crippen molar-refractivity contribution in [2.24, 2.45) is 5.92 Å². The molecule has 126 valence electrons. The number of hydrogen-bond donors (Lipinski definition) is 1. The van der Waals surface area contributed by atoms with Crippen LogP contribution in [-0.2, 0) is 9.59 Å². The Labute approximate surface area is 143 Å². The summed E-state index contributed by atoms with van der Waals surface area (Å²) in [7, 11) is 1.64. The minimum absolute atomic E-state index is 0.104. The molecule has 1 N–H and O–H groups in total. The minimum atomic E-state index is -0.575. The molecule has 2 unspecified atom stereocenters. The molecule has 7 heteroatoms. The zero-order chi connectivity index (χ0) is 17.4. The number of likely N-dealkylation sites (tertiary alicyclic amines) is 1. The Kier molecular flexibility index (Phi) is 4.36. The van der Waals surface area contributed by atoms with Gasteiger partial charge in [-0.25, -0.2) is 9.37 Å². The molecule has 5 nitrogen and oxygen atoms in total. The average molecular weight is 347 g/mol. The summed E-state index contributed by atoms with van der Waals surface area (Å²) in [6, 6.07) is 5.56. The van der Waals surface area contributed by atoms with E-state index >= 15 is 0 Å². The van der Waals surface area contributed by atoms with E-state index < -0.39 is 12.0 Å². The molecule has 0 radical (unpaired) electrons. The molecular weight excluding hydrogens is 329 g/mol. The summed E-state index contributed by atoms with van der Waals surface area (Å²) in [5.41, 5.74) is 1.49. The number of benzene rings is 1. The van der Waals surface area contributed by atoms with E-state index in [1.54, 1.807) is 19.2 Å². The predicted molar refractivity (Wildman–Crippen MR) is 90.2 cm³/mol. The summed E-state index contributed by atoms with van der Waals surface area (Å²) in [6.45, 7) is 3.81. The van der Waals surface area contributed by atoms with E-state index in [1.807, 2.05) is 13.8 Å². The monoisotopic (exact) mass is 347 g/mol. The zero-order valence-corrected chi connectivity index (χ0v) is 14.5. The molecule has 1 aliphatic heterocycles. The Balaban J connectivity index is 1.86. The third kappa shape index (κ3) is 3.03. The average Bonchev–Trinajstić information content (AvgIpc) is 2.99. The van der Waals surface area contributed by atoms with Gasteiger partial charge in [-0.3, -0.25) is 9.59 Å². The molecule has 2 aromatic rings. The second-order valence-electron chi connectivity index (χ2n) is 5.96. The van der Waals surface area contributed by atoms with Crippen LogP contribution in [0.4, 0.5) is 9.52 Å². The van der Waals surface area contributed by atoms with E-state index in [0.29, 0.717) is 10.7 Å². The number of carbonyl (C=O) groups is 2. The third-order valence-electron chi connectivity index (χ3n) is 4.37. The van der Waals surface area contributed by atoms with Crippen molar-refractivity contribution in [3.05, 3.63) is 46.2 Å². The molecule has 0 bridgehead atoms. The van der Waals surface area contributed by atoms with Crippen molar-refractivity contribution in [2.75, 3.05) is 12.4 Å². The fourth-order valence-electron chi connectivity index (χ4n) is 2.98. The van der Waals surface area contributed by atoms with E-state index in [9.17, 15) is 14.0 Å². The molecular formula is C17H18FN3O2S. The molecule has 0 spiro atoms. The maximum atomic E-state index is 13.6. The molecule has 1 saturated heterocycles. The van der Waals surface area contributed by atoms with Crippen LogP contribution in [0.1, 0.15) is 28.6 Å². The van der Waals surface area contributed by atoms with E-state index in [-0.39, 0.29) is 24.1 Å².